The number of nitrogens with one attached hydrogen (secondary N) is 6. The highest BCUT2D eigenvalue weighted by atomic mass is 19.4. The van der Waals surface area contributed by atoms with Crippen LogP contribution in [0.5, 0.6) is 5.75 Å². The first-order valence-corrected chi connectivity index (χ1v) is 31.4. The molecule has 8 N–H and O–H groups in total. The molecule has 3 aliphatic rings. The number of aryl methyl sites for hydroxylation is 3. The highest BCUT2D eigenvalue weighted by molar-refractivity contribution is 5.99. The van der Waals surface area contributed by atoms with Gasteiger partial charge in [-0.25, -0.2) is 18.8 Å². The van der Waals surface area contributed by atoms with E-state index < -0.39 is 28.8 Å². The van der Waals surface area contributed by atoms with Crippen LogP contribution in [0.3, 0.4) is 0 Å². The van der Waals surface area contributed by atoms with E-state index in [1.807, 2.05) is 97.5 Å². The molecule has 498 valence electrons. The van der Waals surface area contributed by atoms with Crippen molar-refractivity contribution in [2.45, 2.75) is 142 Å². The van der Waals surface area contributed by atoms with Gasteiger partial charge in [-0.15, -0.1) is 0 Å². The van der Waals surface area contributed by atoms with Crippen LogP contribution in [0.4, 0.5) is 49.0 Å². The van der Waals surface area contributed by atoms with Crippen molar-refractivity contribution < 1.29 is 61.3 Å². The molecule has 3 saturated heterocycles. The second kappa shape index (κ2) is 31.5. The molecule has 9 rings (SSSR count). The Morgan fingerprint density at radius 3 is 1.29 bits per heavy atom. The van der Waals surface area contributed by atoms with E-state index >= 15 is 0 Å². The molecule has 0 unspecified atom stereocenters. The number of ether oxygens (including phenoxy) is 1. The Morgan fingerprint density at radius 1 is 0.505 bits per heavy atom. The minimum absolute atomic E-state index is 0.000736. The van der Waals surface area contributed by atoms with Gasteiger partial charge in [-0.2, -0.15) is 13.2 Å². The minimum Gasteiger partial charge on any atom is -0.496 e. The monoisotopic (exact) mass is 1290 g/mol. The average Bonchev–Trinajstić information content (AvgIpc) is 0.839. The number of piperidine rings is 3. The predicted molar refractivity (Wildman–Crippen MR) is 352 cm³/mol. The largest absolute Gasteiger partial charge is 0.496 e. The number of rotatable bonds is 13. The summed E-state index contributed by atoms with van der Waals surface area (Å²) in [7, 11) is 1.70. The lowest BCUT2D eigenvalue weighted by Gasteiger charge is -2.38. The van der Waals surface area contributed by atoms with E-state index in [2.05, 4.69) is 38.0 Å². The SMILES string of the molecule is COc1ccccc1C1CCN(C(=O)c2ccc(C)c(NC(=O)NC(C)C)c2)CC1.Cc1ccc(C(=O)N2CCC(O)(c3cccc(C(F)(F)F)c3)CC2)cc1NC(=O)NC(C)C.Cc1ccc(C(=O)N2CCC(O)(c3ccccc3F)CC2)cc1NC(=O)NC(C)C. The number of halogens is 4. The van der Waals surface area contributed by atoms with Crippen LogP contribution in [-0.2, 0) is 17.4 Å². The molecule has 22 heteroatoms. The number of carbonyl (C=O) groups excluding carboxylic acids is 6. The van der Waals surface area contributed by atoms with Gasteiger partial charge < -0.3 is 61.6 Å². The van der Waals surface area contributed by atoms with E-state index in [0.29, 0.717) is 65.8 Å². The normalized spacial score (nSPS) is 15.4. The summed E-state index contributed by atoms with van der Waals surface area (Å²) in [5.74, 6) is 0.414. The number of aliphatic hydroxyl groups is 2. The fraction of sp³-hybridized carbons (Fsp3) is 0.408. The molecular formula is C71H87F4N9O9. The smallest absolute Gasteiger partial charge is 0.416 e. The van der Waals surface area contributed by atoms with Crippen LogP contribution in [0.25, 0.3) is 0 Å². The van der Waals surface area contributed by atoms with Crippen LogP contribution >= 0.6 is 0 Å². The van der Waals surface area contributed by atoms with Crippen LogP contribution in [0.2, 0.25) is 0 Å². The number of hydrogen-bond acceptors (Lipinski definition) is 9. The van der Waals surface area contributed by atoms with Crippen LogP contribution < -0.4 is 36.6 Å². The van der Waals surface area contributed by atoms with E-state index in [1.165, 1.54) is 23.8 Å². The van der Waals surface area contributed by atoms with Crippen molar-refractivity contribution >= 4 is 52.9 Å². The fourth-order valence-electron chi connectivity index (χ4n) is 11.4. The van der Waals surface area contributed by atoms with Gasteiger partial charge in [-0.05, 0) is 195 Å². The predicted octanol–water partition coefficient (Wildman–Crippen LogP) is 13.0. The first kappa shape index (κ1) is 71.4. The molecular weight excluding hydrogens is 1200 g/mol. The molecule has 0 radical (unpaired) electrons. The zero-order chi connectivity index (χ0) is 68.0. The summed E-state index contributed by atoms with van der Waals surface area (Å²) in [5.41, 5.74) is 3.87. The first-order valence-electron chi connectivity index (χ1n) is 31.4. The van der Waals surface area contributed by atoms with Gasteiger partial charge in [-0.1, -0.05) is 66.7 Å². The van der Waals surface area contributed by atoms with Crippen LogP contribution in [0.1, 0.15) is 156 Å². The van der Waals surface area contributed by atoms with Crippen molar-refractivity contribution in [3.8, 4) is 5.75 Å². The summed E-state index contributed by atoms with van der Waals surface area (Å²) in [6.07, 6.45) is -1.94. The maximum Gasteiger partial charge on any atom is 0.416 e. The van der Waals surface area contributed by atoms with Crippen molar-refractivity contribution in [1.82, 2.24) is 30.7 Å². The molecule has 0 spiro atoms. The van der Waals surface area contributed by atoms with E-state index in [4.69, 9.17) is 4.74 Å². The summed E-state index contributed by atoms with van der Waals surface area (Å²) < 4.78 is 58.8. The third-order valence-electron chi connectivity index (χ3n) is 16.7. The van der Waals surface area contributed by atoms with E-state index in [1.54, 1.807) is 77.6 Å². The lowest BCUT2D eigenvalue weighted by atomic mass is 9.83. The van der Waals surface area contributed by atoms with Crippen LogP contribution in [-0.4, -0.2) is 125 Å². The van der Waals surface area contributed by atoms with Gasteiger partial charge in [0, 0.05) is 96.7 Å². The van der Waals surface area contributed by atoms with Crippen molar-refractivity contribution in [2.24, 2.45) is 0 Å². The van der Waals surface area contributed by atoms with Gasteiger partial charge in [0.2, 0.25) is 0 Å². The molecule has 3 heterocycles. The Hall–Kier alpha value is -9.02. The van der Waals surface area contributed by atoms with Gasteiger partial charge in [0.25, 0.3) is 17.7 Å². The number of urea groups is 3. The Morgan fingerprint density at radius 2 is 0.892 bits per heavy atom. The van der Waals surface area contributed by atoms with E-state index in [0.717, 1.165) is 47.4 Å². The number of anilines is 3. The number of amides is 9. The third kappa shape index (κ3) is 19.3. The lowest BCUT2D eigenvalue weighted by Crippen LogP contribution is -2.45. The Bertz CT molecular complexity index is 3610. The van der Waals surface area contributed by atoms with Gasteiger partial charge >= 0.3 is 24.3 Å². The maximum atomic E-state index is 14.1. The standard InChI is InChI=1S/C24H28F3N3O3.C24H31N3O3.C23H28FN3O3/c1-15(2)28-22(32)29-20-13-17(8-7-16(20)3)21(31)30-11-9-23(33,10-12-30)18-5-4-6-19(14-18)24(25,26)27;1-16(2)25-24(29)26-21-15-19(10-9-17(21)3)23(28)27-13-11-18(12-14-27)20-7-5-6-8-22(20)30-4;1-15(2)25-22(29)26-20-14-17(9-8-16(20)3)21(28)27-12-10-23(30,11-13-27)18-6-4-5-7-19(18)24/h4-8,13-15,33H,9-12H2,1-3H3,(H2,28,29,32);5-10,15-16,18H,11-14H2,1-4H3,(H2,25,26,29);4-9,14-15,30H,10-13H2,1-3H3,(H2,25,26,29). The molecule has 0 atom stereocenters. The zero-order valence-corrected chi connectivity index (χ0v) is 54.5. The van der Waals surface area contributed by atoms with Crippen molar-refractivity contribution in [3.63, 3.8) is 0 Å². The molecule has 18 nitrogen and oxygen atoms in total. The molecule has 0 aromatic heterocycles. The fourth-order valence-corrected chi connectivity index (χ4v) is 11.4. The van der Waals surface area contributed by atoms with Crippen molar-refractivity contribution in [1.29, 1.82) is 0 Å². The average molecular weight is 1290 g/mol. The number of benzene rings is 6. The number of nitrogens with zero attached hydrogens (tertiary/aromatic N) is 3. The second-order valence-corrected chi connectivity index (χ2v) is 24.9. The molecule has 0 bridgehead atoms. The Balaban J connectivity index is 0.000000198. The summed E-state index contributed by atoms with van der Waals surface area (Å²) in [6.45, 7) is 19.2. The molecule has 0 aliphatic carbocycles. The molecule has 9 amide bonds. The zero-order valence-electron chi connectivity index (χ0n) is 54.5. The molecule has 3 aliphatic heterocycles. The molecule has 6 aromatic carbocycles. The van der Waals surface area contributed by atoms with Gasteiger partial charge in [0.05, 0.1) is 23.9 Å². The highest BCUT2D eigenvalue weighted by Crippen LogP contribution is 2.39. The second-order valence-electron chi connectivity index (χ2n) is 24.9. The first-order chi connectivity index (χ1) is 44.0. The molecule has 6 aromatic rings. The quantitative estimate of drug-likeness (QED) is 0.0513. The summed E-state index contributed by atoms with van der Waals surface area (Å²) in [5, 5.41) is 38.6. The molecule has 3 fully saturated rings. The van der Waals surface area contributed by atoms with E-state index in [-0.39, 0.29) is 104 Å². The number of alkyl halides is 3. The highest BCUT2D eigenvalue weighted by Gasteiger charge is 2.40. The number of para-hydroxylation sites is 1. The lowest BCUT2D eigenvalue weighted by molar-refractivity contribution is -0.137. The minimum atomic E-state index is -4.49. The van der Waals surface area contributed by atoms with Crippen molar-refractivity contribution in [2.75, 3.05) is 62.3 Å². The molecule has 93 heavy (non-hydrogen) atoms. The number of carbonyl (C=O) groups is 6. The van der Waals surface area contributed by atoms with Crippen molar-refractivity contribution in [3.05, 3.63) is 189 Å². The Labute approximate surface area is 541 Å². The van der Waals surface area contributed by atoms with Gasteiger partial charge in [0.15, 0.2) is 0 Å². The van der Waals surface area contributed by atoms with Crippen LogP contribution in [0.15, 0.2) is 127 Å². The van der Waals surface area contributed by atoms with Gasteiger partial charge in [-0.3, -0.25) is 14.4 Å². The summed E-state index contributed by atoms with van der Waals surface area (Å²) in [4.78, 5) is 80.3. The maximum absolute atomic E-state index is 14.1. The number of methoxy groups -OCH3 is 1. The van der Waals surface area contributed by atoms with Gasteiger partial charge in [0.1, 0.15) is 11.6 Å². The number of likely N-dealkylation sites (tertiary alicyclic amines) is 3. The summed E-state index contributed by atoms with van der Waals surface area (Å²) in [6, 6.07) is 33.7. The van der Waals surface area contributed by atoms with E-state index in [9.17, 15) is 56.5 Å². The number of hydrogen-bond donors (Lipinski definition) is 8. The summed E-state index contributed by atoms with van der Waals surface area (Å²) >= 11 is 0. The Kier molecular flexibility index (Phi) is 24.2. The van der Waals surface area contributed by atoms with Crippen LogP contribution in [0, 0.1) is 26.6 Å². The topological polar surface area (TPSA) is 234 Å². The third-order valence-corrected chi connectivity index (χ3v) is 16.7. The molecule has 0 saturated carbocycles.